The number of aliphatic imine (C=N–C) groups is 1. The second-order valence-electron chi connectivity index (χ2n) is 7.35. The van der Waals surface area contributed by atoms with E-state index in [1.165, 1.54) is 5.56 Å². The Kier molecular flexibility index (Phi) is 8.93. The molecule has 1 unspecified atom stereocenters. The van der Waals surface area contributed by atoms with Crippen LogP contribution in [-0.4, -0.2) is 62.9 Å². The van der Waals surface area contributed by atoms with E-state index in [1.807, 2.05) is 43.6 Å². The molecule has 1 aromatic heterocycles. The number of ether oxygens (including phenoxy) is 3. The molecule has 1 aliphatic rings. The number of likely N-dealkylation sites (tertiary alicyclic amines) is 1. The summed E-state index contributed by atoms with van der Waals surface area (Å²) in [6.45, 7) is 5.11. The van der Waals surface area contributed by atoms with Crippen molar-refractivity contribution >= 4 is 5.96 Å². The summed E-state index contributed by atoms with van der Waals surface area (Å²) in [5.74, 6) is 2.05. The Balaban J connectivity index is 1.38. The van der Waals surface area contributed by atoms with Gasteiger partial charge >= 0.3 is 0 Å². The van der Waals surface area contributed by atoms with Crippen LogP contribution in [0, 0.1) is 5.92 Å². The van der Waals surface area contributed by atoms with Crippen molar-refractivity contribution in [2.45, 2.75) is 19.6 Å². The minimum Gasteiger partial charge on any atom is -0.475 e. The van der Waals surface area contributed by atoms with Crippen molar-refractivity contribution in [3.63, 3.8) is 0 Å². The largest absolute Gasteiger partial charge is 0.475 e. The second kappa shape index (κ2) is 12.1. The van der Waals surface area contributed by atoms with Crippen LogP contribution in [-0.2, 0) is 22.6 Å². The van der Waals surface area contributed by atoms with Gasteiger partial charge in [-0.2, -0.15) is 0 Å². The fourth-order valence-electron chi connectivity index (χ4n) is 3.42. The predicted molar refractivity (Wildman–Crippen MR) is 118 cm³/mol. The van der Waals surface area contributed by atoms with Crippen LogP contribution in [0.3, 0.4) is 0 Å². The van der Waals surface area contributed by atoms with E-state index >= 15 is 0 Å². The van der Waals surface area contributed by atoms with Gasteiger partial charge in [-0.3, -0.25) is 4.99 Å². The third-order valence-electron chi connectivity index (χ3n) is 5.05. The van der Waals surface area contributed by atoms with Gasteiger partial charge in [0.2, 0.25) is 5.88 Å². The Morgan fingerprint density at radius 1 is 1.17 bits per heavy atom. The molecule has 1 N–H and O–H groups in total. The predicted octanol–water partition coefficient (Wildman–Crippen LogP) is 2.72. The highest BCUT2D eigenvalue weighted by Gasteiger charge is 2.24. The molecule has 1 fully saturated rings. The minimum absolute atomic E-state index is 0.499. The quantitative estimate of drug-likeness (QED) is 0.368. The van der Waals surface area contributed by atoms with E-state index in [4.69, 9.17) is 14.2 Å². The number of hydrogen-bond donors (Lipinski definition) is 1. The van der Waals surface area contributed by atoms with Crippen LogP contribution in [0.25, 0.3) is 0 Å². The number of nitrogens with zero attached hydrogens (tertiary/aromatic N) is 3. The van der Waals surface area contributed by atoms with E-state index in [9.17, 15) is 0 Å². The van der Waals surface area contributed by atoms with Gasteiger partial charge in [0.15, 0.2) is 5.96 Å². The Morgan fingerprint density at radius 3 is 2.77 bits per heavy atom. The van der Waals surface area contributed by atoms with Gasteiger partial charge in [-0.15, -0.1) is 0 Å². The summed E-state index contributed by atoms with van der Waals surface area (Å²) < 4.78 is 16.4. The molecule has 2 heterocycles. The summed E-state index contributed by atoms with van der Waals surface area (Å²) in [5.41, 5.74) is 2.30. The van der Waals surface area contributed by atoms with Gasteiger partial charge < -0.3 is 24.4 Å². The summed E-state index contributed by atoms with van der Waals surface area (Å²) in [4.78, 5) is 11.1. The number of methoxy groups -OCH3 is 1. The van der Waals surface area contributed by atoms with Crippen molar-refractivity contribution < 1.29 is 14.2 Å². The van der Waals surface area contributed by atoms with E-state index in [-0.39, 0.29) is 0 Å². The lowest BCUT2D eigenvalue weighted by molar-refractivity contribution is 0.0906. The van der Waals surface area contributed by atoms with Crippen LogP contribution in [0.2, 0.25) is 0 Å². The standard InChI is InChI=1S/C23H32N4O3/c1-24-23(26-15-20-8-9-22(25-14-20)30-13-12-28-2)27-11-10-21(16-27)18-29-17-19-6-4-3-5-7-19/h3-9,14,21H,10-13,15-18H2,1-2H3,(H,24,26). The highest BCUT2D eigenvalue weighted by Crippen LogP contribution is 2.17. The number of aromatic nitrogens is 1. The second-order valence-corrected chi connectivity index (χ2v) is 7.35. The van der Waals surface area contributed by atoms with E-state index in [1.54, 1.807) is 7.11 Å². The van der Waals surface area contributed by atoms with E-state index in [2.05, 4.69) is 32.3 Å². The van der Waals surface area contributed by atoms with Gasteiger partial charge in [-0.25, -0.2) is 4.98 Å². The molecule has 0 bridgehead atoms. The van der Waals surface area contributed by atoms with Crippen molar-refractivity contribution in [2.75, 3.05) is 47.1 Å². The van der Waals surface area contributed by atoms with Crippen LogP contribution in [0.1, 0.15) is 17.5 Å². The Hall–Kier alpha value is -2.64. The number of benzene rings is 1. The van der Waals surface area contributed by atoms with Gasteiger partial charge in [-0.05, 0) is 17.5 Å². The molecule has 0 spiro atoms. The fraction of sp³-hybridized carbons (Fsp3) is 0.478. The molecule has 7 heteroatoms. The van der Waals surface area contributed by atoms with Crippen molar-refractivity contribution in [1.82, 2.24) is 15.2 Å². The van der Waals surface area contributed by atoms with Gasteiger partial charge in [0.1, 0.15) is 6.61 Å². The molecule has 1 aromatic carbocycles. The molecule has 30 heavy (non-hydrogen) atoms. The first-order valence-corrected chi connectivity index (χ1v) is 10.4. The normalized spacial score (nSPS) is 16.7. The zero-order chi connectivity index (χ0) is 21.0. The third kappa shape index (κ3) is 7.00. The van der Waals surface area contributed by atoms with E-state index in [0.717, 1.165) is 37.6 Å². The first-order chi connectivity index (χ1) is 14.8. The number of rotatable bonds is 10. The van der Waals surface area contributed by atoms with Crippen molar-refractivity contribution in [2.24, 2.45) is 10.9 Å². The van der Waals surface area contributed by atoms with Crippen LogP contribution in [0.5, 0.6) is 5.88 Å². The van der Waals surface area contributed by atoms with Crippen LogP contribution in [0.15, 0.2) is 53.7 Å². The summed E-state index contributed by atoms with van der Waals surface area (Å²) in [6.07, 6.45) is 2.94. The molecule has 3 rings (SSSR count). The molecule has 1 aliphatic heterocycles. The van der Waals surface area contributed by atoms with Crippen LogP contribution in [0.4, 0.5) is 0 Å². The number of hydrogen-bond acceptors (Lipinski definition) is 5. The van der Waals surface area contributed by atoms with E-state index < -0.39 is 0 Å². The SMILES string of the molecule is CN=C(NCc1ccc(OCCOC)nc1)N1CCC(COCc2ccccc2)C1. The lowest BCUT2D eigenvalue weighted by Gasteiger charge is -2.21. The van der Waals surface area contributed by atoms with Crippen molar-refractivity contribution in [3.05, 3.63) is 59.8 Å². The molecule has 0 aliphatic carbocycles. The Bertz CT molecular complexity index is 768. The van der Waals surface area contributed by atoms with Crippen molar-refractivity contribution in [1.29, 1.82) is 0 Å². The summed E-state index contributed by atoms with van der Waals surface area (Å²) in [7, 11) is 3.48. The molecule has 2 aromatic rings. The molecule has 0 saturated carbocycles. The van der Waals surface area contributed by atoms with Gasteiger partial charge in [0.25, 0.3) is 0 Å². The molecule has 7 nitrogen and oxygen atoms in total. The zero-order valence-electron chi connectivity index (χ0n) is 17.9. The van der Waals surface area contributed by atoms with E-state index in [0.29, 0.717) is 38.2 Å². The Morgan fingerprint density at radius 2 is 2.03 bits per heavy atom. The number of nitrogens with one attached hydrogen (secondary N) is 1. The average molecular weight is 413 g/mol. The molecule has 1 atom stereocenters. The average Bonchev–Trinajstić information content (AvgIpc) is 3.25. The highest BCUT2D eigenvalue weighted by molar-refractivity contribution is 5.80. The van der Waals surface area contributed by atoms with Crippen LogP contribution < -0.4 is 10.1 Å². The monoisotopic (exact) mass is 412 g/mol. The fourth-order valence-corrected chi connectivity index (χ4v) is 3.42. The van der Waals surface area contributed by atoms with Gasteiger partial charge in [-0.1, -0.05) is 36.4 Å². The Labute approximate surface area is 179 Å². The lowest BCUT2D eigenvalue weighted by Crippen LogP contribution is -2.39. The summed E-state index contributed by atoms with van der Waals surface area (Å²) >= 11 is 0. The maximum atomic E-state index is 5.93. The zero-order valence-corrected chi connectivity index (χ0v) is 17.9. The summed E-state index contributed by atoms with van der Waals surface area (Å²) in [6, 6.07) is 14.2. The molecular weight excluding hydrogens is 380 g/mol. The summed E-state index contributed by atoms with van der Waals surface area (Å²) in [5, 5.41) is 3.44. The molecule has 162 valence electrons. The smallest absolute Gasteiger partial charge is 0.213 e. The third-order valence-corrected chi connectivity index (χ3v) is 5.05. The van der Waals surface area contributed by atoms with Crippen LogP contribution >= 0.6 is 0 Å². The topological polar surface area (TPSA) is 68.2 Å². The first-order valence-electron chi connectivity index (χ1n) is 10.4. The molecule has 1 saturated heterocycles. The number of guanidine groups is 1. The first kappa shape index (κ1) is 22.1. The van der Waals surface area contributed by atoms with Crippen molar-refractivity contribution in [3.8, 4) is 5.88 Å². The van der Waals surface area contributed by atoms with Gasteiger partial charge in [0.05, 0.1) is 19.8 Å². The lowest BCUT2D eigenvalue weighted by atomic mass is 10.1. The maximum absolute atomic E-state index is 5.93. The maximum Gasteiger partial charge on any atom is 0.213 e. The number of pyridine rings is 1. The molecule has 0 amide bonds. The highest BCUT2D eigenvalue weighted by atomic mass is 16.5. The minimum atomic E-state index is 0.499. The molecular formula is C23H32N4O3. The van der Waals surface area contributed by atoms with Gasteiger partial charge in [0, 0.05) is 52.0 Å². The molecule has 0 radical (unpaired) electrons.